The number of aliphatic hydroxyl groups is 1. The van der Waals surface area contributed by atoms with Crippen LogP contribution < -0.4 is 0 Å². The molecule has 1 aliphatic rings. The highest BCUT2D eigenvalue weighted by molar-refractivity contribution is 5.96. The van der Waals surface area contributed by atoms with Crippen LogP contribution in [0.5, 0.6) is 0 Å². The topological polar surface area (TPSA) is 40.5 Å². The predicted octanol–water partition coefficient (Wildman–Crippen LogP) is 3.72. The van der Waals surface area contributed by atoms with Crippen LogP contribution in [0.15, 0.2) is 48.5 Å². The molecule has 126 valence electrons. The molecular weight excluding hydrogens is 305 g/mol. The van der Waals surface area contributed by atoms with Gasteiger partial charge in [0, 0.05) is 19.1 Å². The Bertz CT molecular complexity index is 697. The monoisotopic (exact) mass is 327 g/mol. The normalized spacial score (nSPS) is 20.9. The fourth-order valence-corrected chi connectivity index (χ4v) is 3.64. The number of hydrogen-bond acceptors (Lipinski definition) is 2. The Balaban J connectivity index is 2.02. The minimum Gasteiger partial charge on any atom is -0.396 e. The molecule has 1 heterocycles. The van der Waals surface area contributed by atoms with Crippen molar-refractivity contribution in [3.63, 3.8) is 0 Å². The minimum atomic E-state index is -0.488. The number of nitrogens with zero attached hydrogens (tertiary/aromatic N) is 1. The molecule has 0 radical (unpaired) electrons. The largest absolute Gasteiger partial charge is 0.396 e. The SMILES string of the molecule is Cc1cccc(F)c1C(=O)N1CCC[C@H](CO)[C@@H]1c1ccccc1. The van der Waals surface area contributed by atoms with Gasteiger partial charge < -0.3 is 10.0 Å². The summed E-state index contributed by atoms with van der Waals surface area (Å²) in [6, 6.07) is 14.2. The number of benzene rings is 2. The fourth-order valence-electron chi connectivity index (χ4n) is 3.64. The highest BCUT2D eigenvalue weighted by Crippen LogP contribution is 2.37. The summed E-state index contributed by atoms with van der Waals surface area (Å²) in [5.41, 5.74) is 1.76. The van der Waals surface area contributed by atoms with Crippen molar-refractivity contribution in [3.8, 4) is 0 Å². The van der Waals surface area contributed by atoms with Gasteiger partial charge in [-0.1, -0.05) is 42.5 Å². The highest BCUT2D eigenvalue weighted by atomic mass is 19.1. The number of likely N-dealkylation sites (tertiary alicyclic amines) is 1. The number of rotatable bonds is 3. The molecule has 0 saturated carbocycles. The predicted molar refractivity (Wildman–Crippen MR) is 91.2 cm³/mol. The van der Waals surface area contributed by atoms with Crippen LogP contribution in [0.3, 0.4) is 0 Å². The summed E-state index contributed by atoms with van der Waals surface area (Å²) in [5, 5.41) is 9.79. The molecule has 3 nitrogen and oxygen atoms in total. The van der Waals surface area contributed by atoms with Crippen LogP contribution in [-0.4, -0.2) is 29.1 Å². The molecular formula is C20H22FNO2. The Morgan fingerprint density at radius 2 is 1.96 bits per heavy atom. The molecule has 0 spiro atoms. The van der Waals surface area contributed by atoms with Crippen molar-refractivity contribution in [2.75, 3.05) is 13.2 Å². The first-order valence-electron chi connectivity index (χ1n) is 8.35. The first kappa shape index (κ1) is 16.7. The maximum Gasteiger partial charge on any atom is 0.257 e. The maximum absolute atomic E-state index is 14.3. The van der Waals surface area contributed by atoms with Gasteiger partial charge in [-0.25, -0.2) is 4.39 Å². The summed E-state index contributed by atoms with van der Waals surface area (Å²) < 4.78 is 14.3. The molecule has 1 amide bonds. The summed E-state index contributed by atoms with van der Waals surface area (Å²) in [6.45, 7) is 2.34. The van der Waals surface area contributed by atoms with Gasteiger partial charge in [0.25, 0.3) is 5.91 Å². The van der Waals surface area contributed by atoms with Crippen LogP contribution in [0, 0.1) is 18.7 Å². The lowest BCUT2D eigenvalue weighted by Crippen LogP contribution is -2.44. The van der Waals surface area contributed by atoms with Gasteiger partial charge in [0.1, 0.15) is 5.82 Å². The molecule has 0 aliphatic carbocycles. The van der Waals surface area contributed by atoms with Gasteiger partial charge in [-0.15, -0.1) is 0 Å². The Morgan fingerprint density at radius 1 is 1.21 bits per heavy atom. The lowest BCUT2D eigenvalue weighted by atomic mass is 9.84. The third-order valence-corrected chi connectivity index (χ3v) is 4.83. The average molecular weight is 327 g/mol. The zero-order chi connectivity index (χ0) is 17.1. The molecule has 2 atom stereocenters. The van der Waals surface area contributed by atoms with Crippen LogP contribution >= 0.6 is 0 Å². The van der Waals surface area contributed by atoms with Gasteiger partial charge in [-0.3, -0.25) is 4.79 Å². The number of aliphatic hydroxyl groups excluding tert-OH is 1. The summed E-state index contributed by atoms with van der Waals surface area (Å²) in [4.78, 5) is 14.8. The Labute approximate surface area is 141 Å². The number of halogens is 1. The quantitative estimate of drug-likeness (QED) is 0.933. The smallest absolute Gasteiger partial charge is 0.257 e. The number of amides is 1. The Kier molecular flexibility index (Phi) is 4.95. The number of carbonyl (C=O) groups excluding carboxylic acids is 1. The highest BCUT2D eigenvalue weighted by Gasteiger charge is 2.36. The first-order valence-corrected chi connectivity index (χ1v) is 8.35. The van der Waals surface area contributed by atoms with Gasteiger partial charge in [0.2, 0.25) is 0 Å². The van der Waals surface area contributed by atoms with Gasteiger partial charge in [-0.2, -0.15) is 0 Å². The van der Waals surface area contributed by atoms with Crippen LogP contribution in [0.1, 0.15) is 40.4 Å². The molecule has 0 unspecified atom stereocenters. The number of carbonyl (C=O) groups is 1. The van der Waals surface area contributed by atoms with Crippen molar-refractivity contribution in [1.29, 1.82) is 0 Å². The summed E-state index contributed by atoms with van der Waals surface area (Å²) >= 11 is 0. The Morgan fingerprint density at radius 3 is 2.62 bits per heavy atom. The van der Waals surface area contributed by atoms with E-state index in [0.717, 1.165) is 18.4 Å². The van der Waals surface area contributed by atoms with Gasteiger partial charge in [0.15, 0.2) is 0 Å². The van der Waals surface area contributed by atoms with Gasteiger partial charge in [0.05, 0.1) is 11.6 Å². The standard InChI is InChI=1S/C20H22FNO2/c1-14-7-5-11-17(21)18(14)20(24)22-12-6-10-16(13-23)19(22)15-8-3-2-4-9-15/h2-5,7-9,11,16,19,23H,6,10,12-13H2,1H3/t16-,19+/m1/s1. The molecule has 0 aromatic heterocycles. The Hall–Kier alpha value is -2.20. The second-order valence-electron chi connectivity index (χ2n) is 6.37. The molecule has 1 saturated heterocycles. The van der Waals surface area contributed by atoms with E-state index in [0.29, 0.717) is 12.1 Å². The number of piperidine rings is 1. The lowest BCUT2D eigenvalue weighted by Gasteiger charge is -2.41. The van der Waals surface area contributed by atoms with Gasteiger partial charge >= 0.3 is 0 Å². The number of hydrogen-bond donors (Lipinski definition) is 1. The van der Waals surface area contributed by atoms with E-state index in [1.807, 2.05) is 30.3 Å². The fraction of sp³-hybridized carbons (Fsp3) is 0.350. The van der Waals surface area contributed by atoms with Crippen LogP contribution in [-0.2, 0) is 0 Å². The molecule has 1 aliphatic heterocycles. The van der Waals surface area contributed by atoms with E-state index in [-0.39, 0.29) is 30.0 Å². The average Bonchev–Trinajstić information content (AvgIpc) is 2.61. The maximum atomic E-state index is 14.3. The van der Waals surface area contributed by atoms with E-state index in [1.165, 1.54) is 6.07 Å². The molecule has 2 aromatic rings. The summed E-state index contributed by atoms with van der Waals surface area (Å²) in [5.74, 6) is -0.812. The van der Waals surface area contributed by atoms with E-state index in [9.17, 15) is 14.3 Å². The van der Waals surface area contributed by atoms with Crippen molar-refractivity contribution < 1.29 is 14.3 Å². The molecule has 3 rings (SSSR count). The van der Waals surface area contributed by atoms with E-state index in [2.05, 4.69) is 0 Å². The van der Waals surface area contributed by atoms with E-state index < -0.39 is 5.82 Å². The third kappa shape index (κ3) is 3.06. The van der Waals surface area contributed by atoms with E-state index in [1.54, 1.807) is 24.0 Å². The lowest BCUT2D eigenvalue weighted by molar-refractivity contribution is 0.0371. The molecule has 1 N–H and O–H groups in total. The summed E-state index contributed by atoms with van der Waals surface area (Å²) in [6.07, 6.45) is 1.67. The van der Waals surface area contributed by atoms with Crippen LogP contribution in [0.2, 0.25) is 0 Å². The summed E-state index contributed by atoms with van der Waals surface area (Å²) in [7, 11) is 0. The molecule has 4 heteroatoms. The molecule has 1 fully saturated rings. The second kappa shape index (κ2) is 7.14. The van der Waals surface area contributed by atoms with Crippen LogP contribution in [0.25, 0.3) is 0 Å². The third-order valence-electron chi connectivity index (χ3n) is 4.83. The number of aryl methyl sites for hydroxylation is 1. The second-order valence-corrected chi connectivity index (χ2v) is 6.37. The van der Waals surface area contributed by atoms with Crippen molar-refractivity contribution >= 4 is 5.91 Å². The van der Waals surface area contributed by atoms with Gasteiger partial charge in [-0.05, 0) is 37.0 Å². The molecule has 24 heavy (non-hydrogen) atoms. The van der Waals surface area contributed by atoms with Crippen molar-refractivity contribution in [2.24, 2.45) is 5.92 Å². The van der Waals surface area contributed by atoms with Crippen molar-refractivity contribution in [3.05, 3.63) is 71.0 Å². The first-order chi connectivity index (χ1) is 11.6. The van der Waals surface area contributed by atoms with Crippen LogP contribution in [0.4, 0.5) is 4.39 Å². The zero-order valence-corrected chi connectivity index (χ0v) is 13.8. The van der Waals surface area contributed by atoms with E-state index >= 15 is 0 Å². The molecule has 0 bridgehead atoms. The van der Waals surface area contributed by atoms with Crippen molar-refractivity contribution in [1.82, 2.24) is 4.90 Å². The minimum absolute atomic E-state index is 0.0135. The van der Waals surface area contributed by atoms with Crippen molar-refractivity contribution in [2.45, 2.75) is 25.8 Å². The zero-order valence-electron chi connectivity index (χ0n) is 13.8. The molecule has 2 aromatic carbocycles. The van der Waals surface area contributed by atoms with E-state index in [4.69, 9.17) is 0 Å².